The highest BCUT2D eigenvalue weighted by Crippen LogP contribution is 2.38. The predicted octanol–water partition coefficient (Wildman–Crippen LogP) is 1.48. The van der Waals surface area contributed by atoms with Gasteiger partial charge in [0.15, 0.2) is 0 Å². The second-order valence-electron chi connectivity index (χ2n) is 6.23. The molecule has 2 saturated heterocycles. The molecule has 0 radical (unpaired) electrons. The summed E-state index contributed by atoms with van der Waals surface area (Å²) in [5.41, 5.74) is 0.666. The number of hydrogen-bond donors (Lipinski definition) is 1. The average molecular weight is 329 g/mol. The van der Waals surface area contributed by atoms with E-state index in [1.165, 1.54) is 0 Å². The molecule has 6 nitrogen and oxygen atoms in total. The molecule has 1 aromatic heterocycles. The number of amides is 3. The van der Waals surface area contributed by atoms with E-state index in [0.29, 0.717) is 25.1 Å². The summed E-state index contributed by atoms with van der Waals surface area (Å²) in [5.74, 6) is -0.603. The Morgan fingerprint density at radius 3 is 2.96 bits per heavy atom. The van der Waals surface area contributed by atoms with E-state index in [-0.39, 0.29) is 24.1 Å². The smallest absolute Gasteiger partial charge is 0.253 e. The molecular weight excluding hydrogens is 314 g/mol. The Kier molecular flexibility index (Phi) is 3.02. The van der Waals surface area contributed by atoms with Crippen molar-refractivity contribution in [3.8, 4) is 0 Å². The van der Waals surface area contributed by atoms with Crippen LogP contribution in [0.2, 0.25) is 0 Å². The number of rotatable bonds is 1. The maximum Gasteiger partial charge on any atom is 0.253 e. The molecule has 118 valence electrons. The van der Waals surface area contributed by atoms with E-state index in [9.17, 15) is 14.4 Å². The monoisotopic (exact) mass is 329 g/mol. The summed E-state index contributed by atoms with van der Waals surface area (Å²) in [4.78, 5) is 42.3. The fraction of sp³-hybridized carbons (Fsp3) is 0.375. The van der Waals surface area contributed by atoms with Crippen LogP contribution in [0.1, 0.15) is 28.2 Å². The minimum atomic E-state index is -0.728. The van der Waals surface area contributed by atoms with Gasteiger partial charge in [-0.2, -0.15) is 0 Å². The first-order chi connectivity index (χ1) is 11.0. The normalized spacial score (nSPS) is 24.0. The standard InChI is InChI=1S/C16H15N3O3S/c1-9-17-11-6-10(2-3-12(11)23-9)14(21)19-5-4-16(8-19)7-13(20)18-15(16)22/h2-3,6H,4-5,7-8H2,1H3,(H,18,20,22). The number of imide groups is 1. The Balaban J connectivity index is 1.59. The number of fused-ring (bicyclic) bond motifs is 1. The van der Waals surface area contributed by atoms with Gasteiger partial charge in [-0.1, -0.05) is 0 Å². The number of nitrogens with zero attached hydrogens (tertiary/aromatic N) is 2. The van der Waals surface area contributed by atoms with E-state index < -0.39 is 5.41 Å². The molecule has 1 atom stereocenters. The maximum atomic E-state index is 12.7. The third-order valence-electron chi connectivity index (χ3n) is 4.62. The van der Waals surface area contributed by atoms with Gasteiger partial charge in [0.25, 0.3) is 5.91 Å². The summed E-state index contributed by atoms with van der Waals surface area (Å²) in [7, 11) is 0. The molecule has 0 aliphatic carbocycles. The molecular formula is C16H15N3O3S. The highest BCUT2D eigenvalue weighted by atomic mass is 32.1. The molecule has 0 saturated carbocycles. The second kappa shape index (κ2) is 4.86. The van der Waals surface area contributed by atoms with Crippen molar-refractivity contribution in [3.63, 3.8) is 0 Å². The highest BCUT2D eigenvalue weighted by molar-refractivity contribution is 7.18. The van der Waals surface area contributed by atoms with Crippen LogP contribution in [0, 0.1) is 12.3 Å². The fourth-order valence-electron chi connectivity index (χ4n) is 3.42. The third-order valence-corrected chi connectivity index (χ3v) is 5.57. The topological polar surface area (TPSA) is 79.4 Å². The number of aryl methyl sites for hydroxylation is 1. The molecule has 1 spiro atoms. The molecule has 2 aliphatic heterocycles. The van der Waals surface area contributed by atoms with E-state index in [2.05, 4.69) is 10.3 Å². The van der Waals surface area contributed by atoms with Crippen LogP contribution in [0.15, 0.2) is 18.2 Å². The highest BCUT2D eigenvalue weighted by Gasteiger charge is 2.51. The zero-order valence-electron chi connectivity index (χ0n) is 12.6. The van der Waals surface area contributed by atoms with E-state index in [1.807, 2.05) is 13.0 Å². The van der Waals surface area contributed by atoms with E-state index >= 15 is 0 Å². The van der Waals surface area contributed by atoms with E-state index in [1.54, 1.807) is 28.4 Å². The Morgan fingerprint density at radius 1 is 1.39 bits per heavy atom. The quantitative estimate of drug-likeness (QED) is 0.804. The van der Waals surface area contributed by atoms with Crippen LogP contribution in [0.5, 0.6) is 0 Å². The third kappa shape index (κ3) is 2.23. The van der Waals surface area contributed by atoms with Crippen LogP contribution in [0.3, 0.4) is 0 Å². The molecule has 1 aromatic carbocycles. The minimum absolute atomic E-state index is 0.110. The lowest BCUT2D eigenvalue weighted by Crippen LogP contribution is -2.36. The van der Waals surface area contributed by atoms with Crippen molar-refractivity contribution in [2.45, 2.75) is 19.8 Å². The van der Waals surface area contributed by atoms with Crippen LogP contribution in [0.4, 0.5) is 0 Å². The minimum Gasteiger partial charge on any atom is -0.338 e. The maximum absolute atomic E-state index is 12.7. The van der Waals surface area contributed by atoms with Crippen molar-refractivity contribution in [1.29, 1.82) is 0 Å². The van der Waals surface area contributed by atoms with Gasteiger partial charge in [0.2, 0.25) is 11.8 Å². The van der Waals surface area contributed by atoms with Crippen molar-refractivity contribution in [2.75, 3.05) is 13.1 Å². The Morgan fingerprint density at radius 2 is 2.22 bits per heavy atom. The lowest BCUT2D eigenvalue weighted by atomic mass is 9.85. The number of carbonyl (C=O) groups excluding carboxylic acids is 3. The van der Waals surface area contributed by atoms with Crippen LogP contribution >= 0.6 is 11.3 Å². The number of aromatic nitrogens is 1. The van der Waals surface area contributed by atoms with E-state index in [0.717, 1.165) is 15.2 Å². The van der Waals surface area contributed by atoms with Gasteiger partial charge in [-0.15, -0.1) is 11.3 Å². The van der Waals surface area contributed by atoms with Crippen molar-refractivity contribution < 1.29 is 14.4 Å². The van der Waals surface area contributed by atoms with Crippen molar-refractivity contribution >= 4 is 39.3 Å². The van der Waals surface area contributed by atoms with Crippen LogP contribution in [0.25, 0.3) is 10.2 Å². The molecule has 2 aromatic rings. The van der Waals surface area contributed by atoms with Gasteiger partial charge < -0.3 is 4.90 Å². The molecule has 1 unspecified atom stereocenters. The van der Waals surface area contributed by atoms with Gasteiger partial charge in [0.05, 0.1) is 20.6 Å². The van der Waals surface area contributed by atoms with Crippen LogP contribution in [-0.4, -0.2) is 40.7 Å². The largest absolute Gasteiger partial charge is 0.338 e. The summed E-state index contributed by atoms with van der Waals surface area (Å²) in [5, 5.41) is 3.32. The summed E-state index contributed by atoms with van der Waals surface area (Å²) < 4.78 is 1.05. The molecule has 2 fully saturated rings. The summed E-state index contributed by atoms with van der Waals surface area (Å²) in [6.07, 6.45) is 0.717. The predicted molar refractivity (Wildman–Crippen MR) is 85.1 cm³/mol. The van der Waals surface area contributed by atoms with Gasteiger partial charge >= 0.3 is 0 Å². The molecule has 3 amide bonds. The van der Waals surface area contributed by atoms with Crippen molar-refractivity contribution in [3.05, 3.63) is 28.8 Å². The SMILES string of the molecule is Cc1nc2cc(C(=O)N3CCC4(CC(=O)NC4=O)C3)ccc2s1. The van der Waals surface area contributed by atoms with Crippen molar-refractivity contribution in [2.24, 2.45) is 5.41 Å². The molecule has 3 heterocycles. The number of nitrogens with one attached hydrogen (secondary N) is 1. The lowest BCUT2D eigenvalue weighted by molar-refractivity contribution is -0.128. The lowest BCUT2D eigenvalue weighted by Gasteiger charge is -2.20. The van der Waals surface area contributed by atoms with Gasteiger partial charge in [0, 0.05) is 25.1 Å². The van der Waals surface area contributed by atoms with E-state index in [4.69, 9.17) is 0 Å². The number of thiazole rings is 1. The van der Waals surface area contributed by atoms with Crippen LogP contribution in [-0.2, 0) is 9.59 Å². The number of carbonyl (C=O) groups is 3. The first kappa shape index (κ1) is 14.3. The van der Waals surface area contributed by atoms with Gasteiger partial charge in [0.1, 0.15) is 0 Å². The molecule has 1 N–H and O–H groups in total. The van der Waals surface area contributed by atoms with Crippen molar-refractivity contribution in [1.82, 2.24) is 15.2 Å². The average Bonchev–Trinajstić information content (AvgIpc) is 3.15. The first-order valence-electron chi connectivity index (χ1n) is 7.48. The Labute approximate surface area is 136 Å². The van der Waals surface area contributed by atoms with Gasteiger partial charge in [-0.25, -0.2) is 4.98 Å². The second-order valence-corrected chi connectivity index (χ2v) is 7.46. The Hall–Kier alpha value is -2.28. The van der Waals surface area contributed by atoms with Gasteiger partial charge in [-0.3, -0.25) is 19.7 Å². The zero-order chi connectivity index (χ0) is 16.2. The number of likely N-dealkylation sites (tertiary alicyclic amines) is 1. The molecule has 4 rings (SSSR count). The Bertz CT molecular complexity index is 859. The molecule has 23 heavy (non-hydrogen) atoms. The summed E-state index contributed by atoms with van der Waals surface area (Å²) >= 11 is 1.59. The molecule has 7 heteroatoms. The number of benzene rings is 1. The van der Waals surface area contributed by atoms with Gasteiger partial charge in [-0.05, 0) is 31.5 Å². The summed E-state index contributed by atoms with van der Waals surface area (Å²) in [6, 6.07) is 5.50. The van der Waals surface area contributed by atoms with Crippen LogP contribution < -0.4 is 5.32 Å². The summed E-state index contributed by atoms with van der Waals surface area (Å²) in [6.45, 7) is 2.73. The molecule has 2 aliphatic rings. The molecule has 0 bridgehead atoms. The zero-order valence-corrected chi connectivity index (χ0v) is 13.4. The first-order valence-corrected chi connectivity index (χ1v) is 8.29. The number of hydrogen-bond acceptors (Lipinski definition) is 5. The fourth-order valence-corrected chi connectivity index (χ4v) is 4.23.